The number of fused-ring (bicyclic) bond motifs is 1. The van der Waals surface area contributed by atoms with Gasteiger partial charge in [0.2, 0.25) is 12.7 Å². The number of allylic oxidation sites excluding steroid dienone is 2. The number of likely N-dealkylation sites (tertiary alicyclic amines) is 1. The zero-order valence-corrected chi connectivity index (χ0v) is 23.7. The summed E-state index contributed by atoms with van der Waals surface area (Å²) < 4.78 is 16.3. The Balaban J connectivity index is 1.21. The van der Waals surface area contributed by atoms with Gasteiger partial charge >= 0.3 is 6.09 Å². The van der Waals surface area contributed by atoms with Crippen molar-refractivity contribution >= 4 is 34.7 Å². The fourth-order valence-electron chi connectivity index (χ4n) is 4.53. The molecule has 2 N–H and O–H groups in total. The predicted molar refractivity (Wildman–Crippen MR) is 158 cm³/mol. The quantitative estimate of drug-likeness (QED) is 0.309. The molecule has 0 atom stereocenters. The van der Waals surface area contributed by atoms with Crippen molar-refractivity contribution in [2.45, 2.75) is 39.3 Å². The van der Waals surface area contributed by atoms with Gasteiger partial charge in [0, 0.05) is 30.6 Å². The third kappa shape index (κ3) is 7.31. The van der Waals surface area contributed by atoms with Crippen molar-refractivity contribution in [3.8, 4) is 21.9 Å². The summed E-state index contributed by atoms with van der Waals surface area (Å²) in [7, 11) is 0. The summed E-state index contributed by atoms with van der Waals surface area (Å²) in [4.78, 5) is 28.7. The first-order valence-electron chi connectivity index (χ1n) is 13.2. The number of benzene rings is 2. The number of nitrogens with one attached hydrogen (secondary N) is 2. The van der Waals surface area contributed by atoms with Crippen molar-refractivity contribution in [1.29, 1.82) is 0 Å². The molecular formula is C31H33N3O5S. The number of rotatable bonds is 7. The number of nitrogens with zero attached hydrogens (tertiary/aromatic N) is 1. The topological polar surface area (TPSA) is 89.1 Å². The lowest BCUT2D eigenvalue weighted by atomic mass is 10.1. The van der Waals surface area contributed by atoms with Gasteiger partial charge in [0.05, 0.1) is 11.4 Å². The highest BCUT2D eigenvalue weighted by Crippen LogP contribution is 2.34. The van der Waals surface area contributed by atoms with Crippen LogP contribution in [0.15, 0.2) is 77.7 Å². The molecule has 1 fully saturated rings. The first-order chi connectivity index (χ1) is 19.2. The second kappa shape index (κ2) is 12.0. The van der Waals surface area contributed by atoms with Gasteiger partial charge in [0.15, 0.2) is 11.5 Å². The van der Waals surface area contributed by atoms with E-state index in [1.807, 2.05) is 47.9 Å². The van der Waals surface area contributed by atoms with Crippen LogP contribution in [0, 0.1) is 0 Å². The second-order valence-corrected chi connectivity index (χ2v) is 11.6. The SMILES string of the molecule is CC(C)(C)OC(=O)Nc1ccc(-c2cccs2)cc1NC(=O)/C=C/C=C1CCN(Cc2ccc3c(c2)OCO3)C1. The van der Waals surface area contributed by atoms with Crippen LogP contribution in [0.25, 0.3) is 10.4 Å². The Kier molecular flexibility index (Phi) is 8.23. The van der Waals surface area contributed by atoms with Gasteiger partial charge in [-0.3, -0.25) is 15.0 Å². The Hall–Kier alpha value is -4.08. The van der Waals surface area contributed by atoms with Crippen LogP contribution in [0.1, 0.15) is 32.8 Å². The monoisotopic (exact) mass is 559 g/mol. The summed E-state index contributed by atoms with van der Waals surface area (Å²) in [5.74, 6) is 1.30. The molecule has 2 aliphatic rings. The number of hydrogen-bond donors (Lipinski definition) is 2. The summed E-state index contributed by atoms with van der Waals surface area (Å²) in [6.07, 6.45) is 5.64. The zero-order valence-electron chi connectivity index (χ0n) is 22.9. The summed E-state index contributed by atoms with van der Waals surface area (Å²) in [5.41, 5.74) is 3.71. The van der Waals surface area contributed by atoms with Crippen molar-refractivity contribution in [2.24, 2.45) is 0 Å². The van der Waals surface area contributed by atoms with Crippen LogP contribution in [0.2, 0.25) is 0 Å². The van der Waals surface area contributed by atoms with Crippen molar-refractivity contribution < 1.29 is 23.8 Å². The maximum absolute atomic E-state index is 12.8. The zero-order chi connectivity index (χ0) is 28.1. The van der Waals surface area contributed by atoms with Gasteiger partial charge in [0.1, 0.15) is 5.60 Å². The van der Waals surface area contributed by atoms with E-state index in [4.69, 9.17) is 14.2 Å². The third-order valence-electron chi connectivity index (χ3n) is 6.32. The van der Waals surface area contributed by atoms with E-state index in [9.17, 15) is 9.59 Å². The molecular weight excluding hydrogens is 526 g/mol. The van der Waals surface area contributed by atoms with Gasteiger partial charge in [0.25, 0.3) is 0 Å². The van der Waals surface area contributed by atoms with Crippen LogP contribution in [0.4, 0.5) is 16.2 Å². The molecule has 208 valence electrons. The minimum atomic E-state index is -0.638. The molecule has 0 aliphatic carbocycles. The smallest absolute Gasteiger partial charge is 0.412 e. The molecule has 3 heterocycles. The first-order valence-corrected chi connectivity index (χ1v) is 14.1. The molecule has 9 heteroatoms. The average molecular weight is 560 g/mol. The van der Waals surface area contributed by atoms with E-state index in [1.54, 1.807) is 44.3 Å². The van der Waals surface area contributed by atoms with E-state index in [0.717, 1.165) is 48.0 Å². The van der Waals surface area contributed by atoms with Crippen molar-refractivity contribution in [2.75, 3.05) is 30.5 Å². The number of anilines is 2. The van der Waals surface area contributed by atoms with Crippen LogP contribution < -0.4 is 20.1 Å². The summed E-state index contributed by atoms with van der Waals surface area (Å²) >= 11 is 1.60. The van der Waals surface area contributed by atoms with Crippen molar-refractivity contribution in [3.05, 3.63) is 83.3 Å². The molecule has 0 radical (unpaired) electrons. The molecule has 2 aliphatic heterocycles. The van der Waals surface area contributed by atoms with Gasteiger partial charge in [-0.25, -0.2) is 4.79 Å². The lowest BCUT2D eigenvalue weighted by molar-refractivity contribution is -0.111. The molecule has 8 nitrogen and oxygen atoms in total. The van der Waals surface area contributed by atoms with Crippen LogP contribution in [-0.4, -0.2) is 42.4 Å². The highest BCUT2D eigenvalue weighted by atomic mass is 32.1. The van der Waals surface area contributed by atoms with Gasteiger partial charge in [-0.05, 0) is 74.0 Å². The Morgan fingerprint density at radius 3 is 2.70 bits per heavy atom. The molecule has 1 aromatic heterocycles. The number of amides is 2. The van der Waals surface area contributed by atoms with Crippen LogP contribution in [-0.2, 0) is 16.1 Å². The van der Waals surface area contributed by atoms with E-state index in [0.29, 0.717) is 11.4 Å². The Morgan fingerprint density at radius 1 is 1.05 bits per heavy atom. The Morgan fingerprint density at radius 2 is 1.90 bits per heavy atom. The number of carbonyl (C=O) groups excluding carboxylic acids is 2. The van der Waals surface area contributed by atoms with Crippen LogP contribution in [0.3, 0.4) is 0 Å². The van der Waals surface area contributed by atoms with E-state index in [-0.39, 0.29) is 12.7 Å². The van der Waals surface area contributed by atoms with E-state index in [2.05, 4.69) is 21.6 Å². The summed E-state index contributed by atoms with van der Waals surface area (Å²) in [6.45, 7) is 8.30. The maximum Gasteiger partial charge on any atom is 0.412 e. The second-order valence-electron chi connectivity index (χ2n) is 10.7. The highest BCUT2D eigenvalue weighted by Gasteiger charge is 2.20. The van der Waals surface area contributed by atoms with Gasteiger partial charge in [-0.15, -0.1) is 11.3 Å². The Labute approximate surface area is 238 Å². The van der Waals surface area contributed by atoms with Gasteiger partial charge < -0.3 is 19.5 Å². The van der Waals surface area contributed by atoms with Gasteiger partial charge in [-0.2, -0.15) is 0 Å². The molecule has 3 aromatic rings. The average Bonchev–Trinajstić information content (AvgIpc) is 3.66. The molecule has 2 amide bonds. The Bertz CT molecular complexity index is 1440. The maximum atomic E-state index is 12.8. The summed E-state index contributed by atoms with van der Waals surface area (Å²) in [6, 6.07) is 15.6. The number of ether oxygens (including phenoxy) is 3. The molecule has 0 unspecified atom stereocenters. The normalized spacial score (nSPS) is 16.0. The van der Waals surface area contributed by atoms with Crippen molar-refractivity contribution in [3.63, 3.8) is 0 Å². The third-order valence-corrected chi connectivity index (χ3v) is 7.24. The lowest BCUT2D eigenvalue weighted by Crippen LogP contribution is -2.27. The predicted octanol–water partition coefficient (Wildman–Crippen LogP) is 6.82. The number of hydrogen-bond acceptors (Lipinski definition) is 7. The summed E-state index contributed by atoms with van der Waals surface area (Å²) in [5, 5.41) is 7.67. The minimum absolute atomic E-state index is 0.275. The molecule has 0 saturated carbocycles. The molecule has 1 saturated heterocycles. The molecule has 5 rings (SSSR count). The fraction of sp³-hybridized carbons (Fsp3) is 0.290. The lowest BCUT2D eigenvalue weighted by Gasteiger charge is -2.20. The molecule has 2 aromatic carbocycles. The van der Waals surface area contributed by atoms with E-state index >= 15 is 0 Å². The minimum Gasteiger partial charge on any atom is -0.454 e. The standard InChI is InChI=1S/C31H33N3O5S/c1-31(2,3)39-30(36)33-24-11-10-23(28-7-5-15-40-28)17-25(24)32-29(35)8-4-6-21-13-14-34(18-21)19-22-9-12-26-27(16-22)38-20-37-26/h4-12,15-17H,13-14,18-20H2,1-3H3,(H,32,35)(H,33,36)/b8-4+,21-6?. The van der Waals surface area contributed by atoms with Crippen molar-refractivity contribution in [1.82, 2.24) is 4.90 Å². The van der Waals surface area contributed by atoms with Gasteiger partial charge in [-0.1, -0.05) is 35.9 Å². The van der Waals surface area contributed by atoms with Crippen LogP contribution in [0.5, 0.6) is 11.5 Å². The molecule has 40 heavy (non-hydrogen) atoms. The number of carbonyl (C=O) groups is 2. The van der Waals surface area contributed by atoms with E-state index in [1.165, 1.54) is 17.2 Å². The fourth-order valence-corrected chi connectivity index (χ4v) is 5.25. The van der Waals surface area contributed by atoms with E-state index < -0.39 is 11.7 Å². The number of thiophene rings is 1. The molecule has 0 spiro atoms. The van der Waals surface area contributed by atoms with Crippen LogP contribution >= 0.6 is 11.3 Å². The molecule has 0 bridgehead atoms. The largest absolute Gasteiger partial charge is 0.454 e. The first kappa shape index (κ1) is 27.5. The highest BCUT2D eigenvalue weighted by molar-refractivity contribution is 7.13.